The molecule has 0 spiro atoms. The molecule has 1 heterocycles. The lowest BCUT2D eigenvalue weighted by molar-refractivity contribution is -0.138. The van der Waals surface area contributed by atoms with Crippen LogP contribution in [0.3, 0.4) is 0 Å². The van der Waals surface area contributed by atoms with E-state index in [9.17, 15) is 27.2 Å². The zero-order valence-electron chi connectivity index (χ0n) is 20.3. The molecule has 0 radical (unpaired) electrons. The molecule has 1 unspecified atom stereocenters. The Morgan fingerprint density at radius 2 is 1.87 bits per heavy atom. The van der Waals surface area contributed by atoms with Gasteiger partial charge in [0.1, 0.15) is 12.4 Å². The van der Waals surface area contributed by atoms with Gasteiger partial charge in [-0.2, -0.15) is 13.2 Å². The number of nitrogens with zero attached hydrogens (tertiary/aromatic N) is 2. The van der Waals surface area contributed by atoms with Crippen LogP contribution in [0.4, 0.5) is 23.2 Å². The number of aliphatic carboxylic acids is 1. The molecule has 9 nitrogen and oxygen atoms in total. The summed E-state index contributed by atoms with van der Waals surface area (Å²) >= 11 is 0. The van der Waals surface area contributed by atoms with E-state index in [1.807, 2.05) is 6.92 Å². The van der Waals surface area contributed by atoms with E-state index >= 15 is 0 Å². The second-order valence-electron chi connectivity index (χ2n) is 8.34. The van der Waals surface area contributed by atoms with Crippen molar-refractivity contribution in [2.45, 2.75) is 44.8 Å². The van der Waals surface area contributed by atoms with Gasteiger partial charge in [0.15, 0.2) is 0 Å². The number of carboxylic acids is 1. The highest BCUT2D eigenvalue weighted by atomic mass is 19.4. The van der Waals surface area contributed by atoms with Gasteiger partial charge in [-0.3, -0.25) is 9.59 Å². The monoisotopic (exact) mass is 538 g/mol. The van der Waals surface area contributed by atoms with Crippen molar-refractivity contribution in [1.82, 2.24) is 15.5 Å². The first kappa shape index (κ1) is 28.4. The molecule has 1 aromatic heterocycles. The number of alkyl halides is 3. The molecule has 0 aliphatic heterocycles. The average Bonchev–Trinajstić information content (AvgIpc) is 3.34. The molecule has 0 saturated carbocycles. The number of ether oxygens (including phenoxy) is 1. The summed E-state index contributed by atoms with van der Waals surface area (Å²) in [5.74, 6) is -2.87. The summed E-state index contributed by atoms with van der Waals surface area (Å²) in [5, 5.41) is 21.8. The van der Waals surface area contributed by atoms with Gasteiger partial charge >= 0.3 is 18.2 Å². The minimum atomic E-state index is -4.68. The summed E-state index contributed by atoms with van der Waals surface area (Å²) in [6, 6.07) is 8.37. The third-order valence-corrected chi connectivity index (χ3v) is 5.39. The Morgan fingerprint density at radius 3 is 2.50 bits per heavy atom. The number of hydrogen-bond donors (Lipinski definition) is 3. The van der Waals surface area contributed by atoms with E-state index in [0.717, 1.165) is 25.0 Å². The normalized spacial score (nSPS) is 12.1. The highest BCUT2D eigenvalue weighted by Gasteiger charge is 2.31. The predicted molar refractivity (Wildman–Crippen MR) is 128 cm³/mol. The van der Waals surface area contributed by atoms with E-state index in [0.29, 0.717) is 23.7 Å². The van der Waals surface area contributed by atoms with Crippen LogP contribution >= 0.6 is 0 Å². The third-order valence-electron chi connectivity index (χ3n) is 5.39. The lowest BCUT2D eigenvalue weighted by Gasteiger charge is -2.19. The highest BCUT2D eigenvalue weighted by Crippen LogP contribution is 2.33. The zero-order valence-corrected chi connectivity index (χ0v) is 20.3. The van der Waals surface area contributed by atoms with E-state index in [4.69, 9.17) is 14.3 Å². The maximum Gasteiger partial charge on any atom is 0.416 e. The van der Waals surface area contributed by atoms with Crippen LogP contribution in [-0.4, -0.2) is 46.4 Å². The molecular weight excluding hydrogens is 512 g/mol. The van der Waals surface area contributed by atoms with Gasteiger partial charge in [0, 0.05) is 17.8 Å². The molecule has 3 aromatic rings. The van der Waals surface area contributed by atoms with E-state index < -0.39 is 23.5 Å². The minimum absolute atomic E-state index is 0.0213. The number of hydrogen-bond acceptors (Lipinski definition) is 7. The summed E-state index contributed by atoms with van der Waals surface area (Å²) in [4.78, 5) is 22.7. The van der Waals surface area contributed by atoms with Gasteiger partial charge in [0.25, 0.3) is 11.8 Å². The lowest BCUT2D eigenvalue weighted by Crippen LogP contribution is -2.27. The molecule has 38 heavy (non-hydrogen) atoms. The SMILES string of the molecule is CCCCC(COc1nnc(-c2ccc(C(F)(F)F)cc2F)o1)Nc1ccc(C(=O)NCCC(=O)O)cc1. The van der Waals surface area contributed by atoms with Crippen molar-refractivity contribution in [3.8, 4) is 17.5 Å². The summed E-state index contributed by atoms with van der Waals surface area (Å²) in [6.45, 7) is 2.14. The van der Waals surface area contributed by atoms with Crippen LogP contribution in [0.5, 0.6) is 6.08 Å². The van der Waals surface area contributed by atoms with Crippen LogP contribution in [0.2, 0.25) is 0 Å². The van der Waals surface area contributed by atoms with E-state index in [1.54, 1.807) is 24.3 Å². The maximum absolute atomic E-state index is 14.2. The van der Waals surface area contributed by atoms with E-state index in [-0.39, 0.29) is 49.1 Å². The number of carbonyl (C=O) groups excluding carboxylic acids is 1. The Kier molecular flexibility index (Phi) is 9.63. The van der Waals surface area contributed by atoms with Gasteiger partial charge in [-0.05, 0) is 48.9 Å². The molecule has 0 aliphatic rings. The standard InChI is InChI=1S/C25H26F4N4O5/c1-2-3-4-18(31-17-8-5-15(6-9-17)22(36)30-12-11-21(34)35)14-37-24-33-32-23(38-24)19-10-7-16(13-20(19)26)25(27,28)29/h5-10,13,18,31H,2-4,11-12,14H2,1H3,(H,30,36)(H,34,35). The van der Waals surface area contributed by atoms with Gasteiger partial charge in [0.2, 0.25) is 0 Å². The molecule has 3 N–H and O–H groups in total. The Labute approximate surface area is 215 Å². The second kappa shape index (κ2) is 12.9. The Hall–Kier alpha value is -4.16. The fourth-order valence-electron chi connectivity index (χ4n) is 3.40. The number of unbranched alkanes of at least 4 members (excludes halogenated alkanes) is 1. The van der Waals surface area contributed by atoms with Crippen molar-refractivity contribution in [2.24, 2.45) is 0 Å². The van der Waals surface area contributed by atoms with E-state index in [1.165, 1.54) is 0 Å². The van der Waals surface area contributed by atoms with Crippen molar-refractivity contribution in [2.75, 3.05) is 18.5 Å². The molecule has 204 valence electrons. The smallest absolute Gasteiger partial charge is 0.416 e. The number of rotatable bonds is 13. The minimum Gasteiger partial charge on any atom is -0.481 e. The third kappa shape index (κ3) is 8.18. The van der Waals surface area contributed by atoms with Crippen LogP contribution < -0.4 is 15.4 Å². The number of carbonyl (C=O) groups is 2. The molecule has 2 aromatic carbocycles. The largest absolute Gasteiger partial charge is 0.481 e. The van der Waals surface area contributed by atoms with Crippen LogP contribution in [0.1, 0.15) is 48.5 Å². The number of anilines is 1. The lowest BCUT2D eigenvalue weighted by atomic mass is 10.1. The Balaban J connectivity index is 1.60. The van der Waals surface area contributed by atoms with Crippen molar-refractivity contribution >= 4 is 17.6 Å². The van der Waals surface area contributed by atoms with Gasteiger partial charge in [-0.25, -0.2) is 4.39 Å². The van der Waals surface area contributed by atoms with Crippen LogP contribution in [0.25, 0.3) is 11.5 Å². The van der Waals surface area contributed by atoms with Gasteiger partial charge < -0.3 is 24.9 Å². The molecule has 1 amide bonds. The zero-order chi connectivity index (χ0) is 27.7. The second-order valence-corrected chi connectivity index (χ2v) is 8.34. The molecule has 0 fully saturated rings. The number of amides is 1. The van der Waals surface area contributed by atoms with Crippen molar-refractivity contribution in [3.05, 3.63) is 59.4 Å². The first-order valence-corrected chi connectivity index (χ1v) is 11.8. The summed E-state index contributed by atoms with van der Waals surface area (Å²) in [5.41, 5.74) is -0.342. The number of nitrogens with one attached hydrogen (secondary N) is 2. The summed E-state index contributed by atoms with van der Waals surface area (Å²) < 4.78 is 63.4. The molecule has 0 aliphatic carbocycles. The number of benzene rings is 2. The van der Waals surface area contributed by atoms with Gasteiger partial charge in [-0.1, -0.05) is 24.9 Å². The first-order valence-electron chi connectivity index (χ1n) is 11.8. The molecule has 0 saturated heterocycles. The molecular formula is C25H26F4N4O5. The van der Waals surface area contributed by atoms with Crippen molar-refractivity contribution < 1.29 is 41.4 Å². The molecule has 1 atom stereocenters. The van der Waals surface area contributed by atoms with Gasteiger partial charge in [-0.15, -0.1) is 5.10 Å². The molecule has 13 heteroatoms. The van der Waals surface area contributed by atoms with Crippen molar-refractivity contribution in [1.29, 1.82) is 0 Å². The van der Waals surface area contributed by atoms with Crippen LogP contribution in [0, 0.1) is 5.82 Å². The fourth-order valence-corrected chi connectivity index (χ4v) is 3.40. The predicted octanol–water partition coefficient (Wildman–Crippen LogP) is 5.15. The maximum atomic E-state index is 14.2. The number of halogens is 4. The summed E-state index contributed by atoms with van der Waals surface area (Å²) in [6.07, 6.45) is -2.62. The average molecular weight is 538 g/mol. The number of carboxylic acid groups (broad SMARTS) is 1. The van der Waals surface area contributed by atoms with E-state index in [2.05, 4.69) is 20.8 Å². The fraction of sp³-hybridized carbons (Fsp3) is 0.360. The molecule has 3 rings (SSSR count). The molecule has 0 bridgehead atoms. The Bertz CT molecular complexity index is 1230. The van der Waals surface area contributed by atoms with Gasteiger partial charge in [0.05, 0.1) is 23.6 Å². The first-order chi connectivity index (χ1) is 18.1. The quantitative estimate of drug-likeness (QED) is 0.255. The summed E-state index contributed by atoms with van der Waals surface area (Å²) in [7, 11) is 0. The topological polar surface area (TPSA) is 127 Å². The van der Waals surface area contributed by atoms with Crippen LogP contribution in [-0.2, 0) is 11.0 Å². The number of aromatic nitrogens is 2. The Morgan fingerprint density at radius 1 is 1.13 bits per heavy atom. The van der Waals surface area contributed by atoms with Crippen molar-refractivity contribution in [3.63, 3.8) is 0 Å². The highest BCUT2D eigenvalue weighted by molar-refractivity contribution is 5.94. The van der Waals surface area contributed by atoms with Crippen LogP contribution in [0.15, 0.2) is 46.9 Å².